The lowest BCUT2D eigenvalue weighted by Gasteiger charge is -2.20. The fourth-order valence-electron chi connectivity index (χ4n) is 2.36. The highest BCUT2D eigenvalue weighted by molar-refractivity contribution is 9.10. The molecular formula is C18H28BrN3O4. The monoisotopic (exact) mass is 429 g/mol. The van der Waals surface area contributed by atoms with Crippen LogP contribution >= 0.6 is 15.9 Å². The van der Waals surface area contributed by atoms with Gasteiger partial charge < -0.3 is 26.2 Å². The minimum atomic E-state index is -1.03. The van der Waals surface area contributed by atoms with Gasteiger partial charge in [0.1, 0.15) is 5.60 Å². The number of hydrogen-bond donors (Lipinski definition) is 4. The van der Waals surface area contributed by atoms with Crippen LogP contribution < -0.4 is 16.4 Å². The Morgan fingerprint density at radius 1 is 1.31 bits per heavy atom. The number of aromatic carboxylic acids is 1. The molecule has 0 unspecified atom stereocenters. The van der Waals surface area contributed by atoms with Gasteiger partial charge in [-0.05, 0) is 59.1 Å². The molecule has 0 radical (unpaired) electrons. The lowest BCUT2D eigenvalue weighted by atomic mass is 10.1. The number of carboxylic acid groups (broad SMARTS) is 1. The molecule has 0 aromatic heterocycles. The molecule has 1 rings (SSSR count). The van der Waals surface area contributed by atoms with E-state index in [0.717, 1.165) is 19.3 Å². The van der Waals surface area contributed by atoms with Crippen LogP contribution in [0, 0.1) is 0 Å². The van der Waals surface area contributed by atoms with Crippen LogP contribution in [0.5, 0.6) is 0 Å². The molecule has 0 saturated heterocycles. The molecule has 0 aliphatic heterocycles. The normalized spacial score (nSPS) is 12.3. The van der Waals surface area contributed by atoms with E-state index in [1.807, 2.05) is 27.7 Å². The van der Waals surface area contributed by atoms with Crippen molar-refractivity contribution in [3.8, 4) is 0 Å². The number of amides is 1. The summed E-state index contributed by atoms with van der Waals surface area (Å²) in [5.74, 6) is -1.03. The Hall–Kier alpha value is -1.96. The number of hydrogen-bond acceptors (Lipinski definition) is 5. The molecule has 0 bridgehead atoms. The van der Waals surface area contributed by atoms with Gasteiger partial charge in [-0.1, -0.05) is 15.9 Å². The lowest BCUT2D eigenvalue weighted by Crippen LogP contribution is -2.33. The molecule has 1 amide bonds. The number of benzene rings is 1. The molecule has 0 aliphatic rings. The summed E-state index contributed by atoms with van der Waals surface area (Å²) >= 11 is 3.25. The molecule has 0 fully saturated rings. The lowest BCUT2D eigenvalue weighted by molar-refractivity contribution is 0.0526. The van der Waals surface area contributed by atoms with E-state index in [1.165, 1.54) is 6.07 Å². The van der Waals surface area contributed by atoms with Crippen LogP contribution in [0.3, 0.4) is 0 Å². The van der Waals surface area contributed by atoms with Crippen LogP contribution in [0.25, 0.3) is 0 Å². The summed E-state index contributed by atoms with van der Waals surface area (Å²) in [4.78, 5) is 22.9. The third-order valence-electron chi connectivity index (χ3n) is 3.49. The topological polar surface area (TPSA) is 114 Å². The Kier molecular flexibility index (Phi) is 8.20. The third-order valence-corrected chi connectivity index (χ3v) is 3.94. The maximum atomic E-state index is 11.5. The Balaban J connectivity index is 2.43. The van der Waals surface area contributed by atoms with Crippen LogP contribution in [0.2, 0.25) is 0 Å². The molecule has 1 atom stereocenters. The smallest absolute Gasteiger partial charge is 0.407 e. The SMILES string of the molecule is C[C@@H](CCCCNC(=O)OC(C)(C)C)Nc1c(N)cc(Br)cc1C(=O)O. The minimum absolute atomic E-state index is 0.0399. The van der Waals surface area contributed by atoms with E-state index < -0.39 is 17.7 Å². The molecule has 7 nitrogen and oxygen atoms in total. The van der Waals surface area contributed by atoms with Gasteiger partial charge in [-0.25, -0.2) is 9.59 Å². The average molecular weight is 430 g/mol. The van der Waals surface area contributed by atoms with Crippen LogP contribution in [0.4, 0.5) is 16.2 Å². The fourth-order valence-corrected chi connectivity index (χ4v) is 2.83. The summed E-state index contributed by atoms with van der Waals surface area (Å²) in [6.07, 6.45) is 2.05. The number of alkyl carbamates (subject to hydrolysis) is 1. The highest BCUT2D eigenvalue weighted by Gasteiger charge is 2.17. The molecule has 0 saturated carbocycles. The third kappa shape index (κ3) is 7.95. The van der Waals surface area contributed by atoms with Crippen molar-refractivity contribution in [1.82, 2.24) is 5.32 Å². The largest absolute Gasteiger partial charge is 0.478 e. The standard InChI is InChI=1S/C18H28BrN3O4/c1-11(7-5-6-8-21-17(25)26-18(2,3)4)22-15-13(16(23)24)9-12(19)10-14(15)20/h9-11,22H,5-8,20H2,1-4H3,(H,21,25)(H,23,24)/t11-/m0/s1. The average Bonchev–Trinajstić information content (AvgIpc) is 2.47. The predicted molar refractivity (Wildman–Crippen MR) is 107 cm³/mol. The van der Waals surface area contributed by atoms with Gasteiger partial charge in [0.05, 0.1) is 16.9 Å². The zero-order valence-corrected chi connectivity index (χ0v) is 17.3. The number of ether oxygens (including phenoxy) is 1. The number of halogens is 1. The van der Waals surface area contributed by atoms with Gasteiger partial charge in [0.15, 0.2) is 0 Å². The van der Waals surface area contributed by atoms with E-state index in [4.69, 9.17) is 10.5 Å². The van der Waals surface area contributed by atoms with Crippen molar-refractivity contribution >= 4 is 39.4 Å². The van der Waals surface area contributed by atoms with E-state index in [2.05, 4.69) is 26.6 Å². The number of carboxylic acids is 1. The van der Waals surface area contributed by atoms with Gasteiger partial charge in [0.2, 0.25) is 0 Å². The second-order valence-corrected chi connectivity index (χ2v) is 8.11. The maximum Gasteiger partial charge on any atom is 0.407 e. The summed E-state index contributed by atoms with van der Waals surface area (Å²) in [5.41, 5.74) is 6.40. The number of carbonyl (C=O) groups is 2. The zero-order valence-electron chi connectivity index (χ0n) is 15.7. The highest BCUT2D eigenvalue weighted by atomic mass is 79.9. The van der Waals surface area contributed by atoms with Gasteiger partial charge in [-0.2, -0.15) is 0 Å². The van der Waals surface area contributed by atoms with E-state index in [1.54, 1.807) is 6.07 Å². The summed E-state index contributed by atoms with van der Waals surface area (Å²) in [7, 11) is 0. The predicted octanol–water partition coefficient (Wildman–Crippen LogP) is 4.22. The highest BCUT2D eigenvalue weighted by Crippen LogP contribution is 2.29. The van der Waals surface area contributed by atoms with Crippen molar-refractivity contribution in [2.45, 2.75) is 58.6 Å². The molecule has 5 N–H and O–H groups in total. The molecule has 26 heavy (non-hydrogen) atoms. The Morgan fingerprint density at radius 2 is 1.96 bits per heavy atom. The van der Waals surface area contributed by atoms with Crippen LogP contribution in [-0.4, -0.2) is 35.4 Å². The van der Waals surface area contributed by atoms with Crippen molar-refractivity contribution in [2.24, 2.45) is 0 Å². The Bertz CT molecular complexity index is 644. The van der Waals surface area contributed by atoms with Crippen molar-refractivity contribution in [1.29, 1.82) is 0 Å². The number of nitrogen functional groups attached to an aromatic ring is 1. The van der Waals surface area contributed by atoms with Crippen LogP contribution in [0.15, 0.2) is 16.6 Å². The number of anilines is 2. The number of rotatable bonds is 8. The number of nitrogens with two attached hydrogens (primary N) is 1. The Labute approximate surface area is 162 Å². The van der Waals surface area contributed by atoms with Crippen LogP contribution in [-0.2, 0) is 4.74 Å². The first kappa shape index (κ1) is 22.1. The molecule has 1 aromatic rings. The molecule has 1 aromatic carbocycles. The van der Waals surface area contributed by atoms with Gasteiger partial charge in [-0.15, -0.1) is 0 Å². The van der Waals surface area contributed by atoms with Gasteiger partial charge in [-0.3, -0.25) is 0 Å². The fraction of sp³-hybridized carbons (Fsp3) is 0.556. The maximum absolute atomic E-state index is 11.5. The minimum Gasteiger partial charge on any atom is -0.478 e. The zero-order chi connectivity index (χ0) is 19.9. The summed E-state index contributed by atoms with van der Waals surface area (Å²) in [6, 6.07) is 3.24. The second kappa shape index (κ2) is 9.66. The van der Waals surface area contributed by atoms with Crippen molar-refractivity contribution in [3.05, 3.63) is 22.2 Å². The van der Waals surface area contributed by atoms with E-state index in [0.29, 0.717) is 22.4 Å². The quantitative estimate of drug-likeness (QED) is 0.363. The number of unbranched alkanes of at least 4 members (excludes halogenated alkanes) is 1. The first-order valence-corrected chi connectivity index (χ1v) is 9.34. The van der Waals surface area contributed by atoms with Gasteiger partial charge in [0, 0.05) is 17.1 Å². The first-order chi connectivity index (χ1) is 12.0. The van der Waals surface area contributed by atoms with Crippen molar-refractivity contribution < 1.29 is 19.4 Å². The molecule has 8 heteroatoms. The first-order valence-electron chi connectivity index (χ1n) is 8.55. The van der Waals surface area contributed by atoms with E-state index >= 15 is 0 Å². The van der Waals surface area contributed by atoms with E-state index in [9.17, 15) is 14.7 Å². The molecule has 0 heterocycles. The summed E-state index contributed by atoms with van der Waals surface area (Å²) in [6.45, 7) is 7.95. The molecule has 0 aliphatic carbocycles. The van der Waals surface area contributed by atoms with Gasteiger partial charge >= 0.3 is 12.1 Å². The number of nitrogens with one attached hydrogen (secondary N) is 2. The summed E-state index contributed by atoms with van der Waals surface area (Å²) < 4.78 is 5.79. The number of carbonyl (C=O) groups excluding carboxylic acids is 1. The van der Waals surface area contributed by atoms with E-state index in [-0.39, 0.29) is 11.6 Å². The second-order valence-electron chi connectivity index (χ2n) is 7.19. The van der Waals surface area contributed by atoms with Crippen molar-refractivity contribution in [2.75, 3.05) is 17.6 Å². The van der Waals surface area contributed by atoms with Gasteiger partial charge in [0.25, 0.3) is 0 Å². The molecular weight excluding hydrogens is 402 g/mol. The Morgan fingerprint density at radius 3 is 2.54 bits per heavy atom. The molecule has 0 spiro atoms. The van der Waals surface area contributed by atoms with Crippen LogP contribution in [0.1, 0.15) is 57.3 Å². The van der Waals surface area contributed by atoms with Crippen molar-refractivity contribution in [3.63, 3.8) is 0 Å². The summed E-state index contributed by atoms with van der Waals surface area (Å²) in [5, 5.41) is 15.2. The molecule has 146 valence electrons.